The van der Waals surface area contributed by atoms with Crippen molar-refractivity contribution >= 4 is 44.9 Å². The smallest absolute Gasteiger partial charge is 0.237 e. The molecule has 0 saturated carbocycles. The number of rotatable bonds is 4. The lowest BCUT2D eigenvalue weighted by molar-refractivity contribution is -0.115. The number of aromatic nitrogens is 2. The van der Waals surface area contributed by atoms with Crippen molar-refractivity contribution < 1.29 is 4.79 Å². The van der Waals surface area contributed by atoms with Gasteiger partial charge in [-0.2, -0.15) is 0 Å². The molecule has 4 rings (SSSR count). The average Bonchev–Trinajstić information content (AvgIpc) is 3.15. The zero-order chi connectivity index (χ0) is 17.4. The van der Waals surface area contributed by atoms with Crippen molar-refractivity contribution in [1.82, 2.24) is 9.97 Å². The van der Waals surface area contributed by atoms with Gasteiger partial charge in [0.15, 0.2) is 0 Å². The quantitative estimate of drug-likeness (QED) is 0.539. The maximum absolute atomic E-state index is 12.5. The van der Waals surface area contributed by atoms with Gasteiger partial charge in [-0.3, -0.25) is 4.79 Å². The molecule has 0 spiro atoms. The van der Waals surface area contributed by atoms with Gasteiger partial charge in [0.1, 0.15) is 15.7 Å². The highest BCUT2D eigenvalue weighted by molar-refractivity contribution is 8.00. The van der Waals surface area contributed by atoms with Crippen LogP contribution >= 0.6 is 23.1 Å². The molecule has 3 aromatic rings. The number of thiophene rings is 1. The Kier molecular flexibility index (Phi) is 4.48. The summed E-state index contributed by atoms with van der Waals surface area (Å²) >= 11 is 3.32. The first-order valence-electron chi connectivity index (χ1n) is 8.43. The Bertz CT molecular complexity index is 937. The van der Waals surface area contributed by atoms with E-state index >= 15 is 0 Å². The number of anilines is 1. The number of nitrogens with one attached hydrogen (secondary N) is 1. The maximum Gasteiger partial charge on any atom is 0.237 e. The summed E-state index contributed by atoms with van der Waals surface area (Å²) in [6, 6.07) is 9.56. The number of nitrogens with zero attached hydrogens (tertiary/aromatic N) is 2. The lowest BCUT2D eigenvalue weighted by atomic mass is 10.2. The highest BCUT2D eigenvalue weighted by atomic mass is 32.2. The fraction of sp³-hybridized carbons (Fsp3) is 0.316. The first kappa shape index (κ1) is 16.5. The number of fused-ring (bicyclic) bond motifs is 3. The van der Waals surface area contributed by atoms with Crippen LogP contribution in [0.25, 0.3) is 10.2 Å². The van der Waals surface area contributed by atoms with Gasteiger partial charge in [-0.05, 0) is 50.8 Å². The summed E-state index contributed by atoms with van der Waals surface area (Å²) in [5.41, 5.74) is 2.22. The molecule has 0 unspecified atom stereocenters. The second-order valence-electron chi connectivity index (χ2n) is 6.23. The van der Waals surface area contributed by atoms with Crippen LogP contribution in [-0.4, -0.2) is 21.1 Å². The van der Waals surface area contributed by atoms with E-state index in [1.165, 1.54) is 34.0 Å². The number of carbonyl (C=O) groups is 1. The van der Waals surface area contributed by atoms with Crippen molar-refractivity contribution in [3.8, 4) is 0 Å². The van der Waals surface area contributed by atoms with E-state index in [4.69, 9.17) is 0 Å². The summed E-state index contributed by atoms with van der Waals surface area (Å²) in [6.07, 6.45) is 3.45. The number of para-hydroxylation sites is 1. The molecule has 0 fully saturated rings. The molecule has 6 heteroatoms. The molecule has 1 aliphatic rings. The average molecular weight is 370 g/mol. The van der Waals surface area contributed by atoms with Gasteiger partial charge < -0.3 is 5.32 Å². The number of carbonyl (C=O) groups excluding carboxylic acids is 1. The lowest BCUT2D eigenvalue weighted by Gasteiger charge is -2.13. The molecule has 0 saturated heterocycles. The minimum absolute atomic E-state index is 0.00695. The van der Waals surface area contributed by atoms with Gasteiger partial charge in [0.2, 0.25) is 5.91 Å². The summed E-state index contributed by atoms with van der Waals surface area (Å²) in [5.74, 6) is 0.762. The second kappa shape index (κ2) is 6.77. The molecule has 128 valence electrons. The summed E-state index contributed by atoms with van der Waals surface area (Å²) in [4.78, 5) is 24.3. The molecule has 25 heavy (non-hydrogen) atoms. The molecule has 1 aromatic carbocycles. The van der Waals surface area contributed by atoms with E-state index in [0.717, 1.165) is 34.2 Å². The topological polar surface area (TPSA) is 54.9 Å². The molecule has 2 heterocycles. The van der Waals surface area contributed by atoms with Crippen molar-refractivity contribution in [3.05, 3.63) is 46.6 Å². The standard InChI is InChI=1S/C19H19N3OS2/c1-11(17(23)22-13-7-4-3-5-8-13)24-18-16-14-9-6-10-15(14)25-19(16)21-12(2)20-18/h3-5,7-8,11H,6,9-10H2,1-2H3,(H,22,23)/t11-/m0/s1. The molecule has 0 radical (unpaired) electrons. The van der Waals surface area contributed by atoms with Gasteiger partial charge in [0, 0.05) is 16.0 Å². The first-order chi connectivity index (χ1) is 12.1. The predicted molar refractivity (Wildman–Crippen MR) is 105 cm³/mol. The highest BCUT2D eigenvalue weighted by Gasteiger charge is 2.24. The SMILES string of the molecule is Cc1nc(S[C@@H](C)C(=O)Nc2ccccc2)c2c3c(sc2n1)CCC3. The third kappa shape index (κ3) is 3.28. The van der Waals surface area contributed by atoms with Crippen LogP contribution in [-0.2, 0) is 17.6 Å². The van der Waals surface area contributed by atoms with Crippen LogP contribution in [0, 0.1) is 6.92 Å². The van der Waals surface area contributed by atoms with Crippen LogP contribution in [0.15, 0.2) is 35.4 Å². The monoisotopic (exact) mass is 369 g/mol. The Morgan fingerprint density at radius 2 is 2.04 bits per heavy atom. The van der Waals surface area contributed by atoms with Crippen molar-refractivity contribution in [2.45, 2.75) is 43.4 Å². The number of amides is 1. The molecule has 0 bridgehead atoms. The molecular weight excluding hydrogens is 350 g/mol. The molecular formula is C19H19N3OS2. The van der Waals surface area contributed by atoms with E-state index < -0.39 is 0 Å². The predicted octanol–water partition coefficient (Wildman–Crippen LogP) is 4.61. The lowest BCUT2D eigenvalue weighted by Crippen LogP contribution is -2.22. The Morgan fingerprint density at radius 1 is 1.24 bits per heavy atom. The molecule has 1 aliphatic carbocycles. The summed E-state index contributed by atoms with van der Waals surface area (Å²) < 4.78 is 0. The largest absolute Gasteiger partial charge is 0.325 e. The number of thioether (sulfide) groups is 1. The Balaban J connectivity index is 1.60. The fourth-order valence-electron chi connectivity index (χ4n) is 3.14. The van der Waals surface area contributed by atoms with Crippen LogP contribution < -0.4 is 5.32 Å². The zero-order valence-electron chi connectivity index (χ0n) is 14.2. The summed E-state index contributed by atoms with van der Waals surface area (Å²) in [6.45, 7) is 3.85. The zero-order valence-corrected chi connectivity index (χ0v) is 15.8. The van der Waals surface area contributed by atoms with E-state index in [1.807, 2.05) is 44.2 Å². The Labute approximate surface area is 155 Å². The maximum atomic E-state index is 12.5. The Morgan fingerprint density at radius 3 is 2.84 bits per heavy atom. The van der Waals surface area contributed by atoms with Crippen LogP contribution in [0.2, 0.25) is 0 Å². The molecule has 1 N–H and O–H groups in total. The third-order valence-corrected chi connectivity index (χ3v) is 6.61. The Hall–Kier alpha value is -1.92. The minimum atomic E-state index is -0.227. The second-order valence-corrected chi connectivity index (χ2v) is 8.64. The van der Waals surface area contributed by atoms with E-state index in [1.54, 1.807) is 11.3 Å². The van der Waals surface area contributed by atoms with Gasteiger partial charge in [-0.1, -0.05) is 30.0 Å². The number of hydrogen-bond acceptors (Lipinski definition) is 5. The highest BCUT2D eigenvalue weighted by Crippen LogP contribution is 2.41. The summed E-state index contributed by atoms with van der Waals surface area (Å²) in [7, 11) is 0. The van der Waals surface area contributed by atoms with Gasteiger partial charge in [0.25, 0.3) is 0 Å². The molecule has 4 nitrogen and oxygen atoms in total. The minimum Gasteiger partial charge on any atom is -0.325 e. The van der Waals surface area contributed by atoms with E-state index in [9.17, 15) is 4.79 Å². The van der Waals surface area contributed by atoms with E-state index in [-0.39, 0.29) is 11.2 Å². The third-order valence-electron chi connectivity index (χ3n) is 4.34. The van der Waals surface area contributed by atoms with Crippen molar-refractivity contribution in [2.24, 2.45) is 0 Å². The van der Waals surface area contributed by atoms with Crippen LogP contribution in [0.5, 0.6) is 0 Å². The van der Waals surface area contributed by atoms with Gasteiger partial charge in [-0.15, -0.1) is 11.3 Å². The van der Waals surface area contributed by atoms with E-state index in [2.05, 4.69) is 15.3 Å². The number of benzene rings is 1. The molecule has 1 amide bonds. The van der Waals surface area contributed by atoms with Crippen LogP contribution in [0.3, 0.4) is 0 Å². The molecule has 0 aliphatic heterocycles. The normalized spacial score (nSPS) is 14.5. The van der Waals surface area contributed by atoms with Crippen LogP contribution in [0.1, 0.15) is 29.6 Å². The number of aryl methyl sites for hydroxylation is 3. The van der Waals surface area contributed by atoms with Crippen molar-refractivity contribution in [2.75, 3.05) is 5.32 Å². The van der Waals surface area contributed by atoms with Crippen LogP contribution in [0.4, 0.5) is 5.69 Å². The first-order valence-corrected chi connectivity index (χ1v) is 10.1. The number of hydrogen-bond donors (Lipinski definition) is 1. The van der Waals surface area contributed by atoms with Gasteiger partial charge in [0.05, 0.1) is 5.25 Å². The van der Waals surface area contributed by atoms with Crippen molar-refractivity contribution in [1.29, 1.82) is 0 Å². The van der Waals surface area contributed by atoms with E-state index in [0.29, 0.717) is 0 Å². The fourth-order valence-corrected chi connectivity index (χ4v) is 5.53. The van der Waals surface area contributed by atoms with Crippen molar-refractivity contribution in [3.63, 3.8) is 0 Å². The van der Waals surface area contributed by atoms with Gasteiger partial charge >= 0.3 is 0 Å². The van der Waals surface area contributed by atoms with Gasteiger partial charge in [-0.25, -0.2) is 9.97 Å². The molecule has 1 atom stereocenters. The summed E-state index contributed by atoms with van der Waals surface area (Å²) in [5, 5.41) is 4.86. The molecule has 2 aromatic heterocycles.